The van der Waals surface area contributed by atoms with E-state index in [-0.39, 0.29) is 6.10 Å². The predicted octanol–water partition coefficient (Wildman–Crippen LogP) is 4.38. The third kappa shape index (κ3) is 2.56. The van der Waals surface area contributed by atoms with Crippen LogP contribution in [0.1, 0.15) is 37.9 Å². The van der Waals surface area contributed by atoms with Gasteiger partial charge in [0.2, 0.25) is 0 Å². The number of rotatable bonds is 3. The van der Waals surface area contributed by atoms with Crippen molar-refractivity contribution in [2.24, 2.45) is 0 Å². The van der Waals surface area contributed by atoms with Crippen molar-refractivity contribution < 1.29 is 9.84 Å². The SMILES string of the molecule is CC(O)c1ccc2ccccc2c1OC1C=CCCC1. The highest BCUT2D eigenvalue weighted by atomic mass is 16.5. The Morgan fingerprint density at radius 1 is 1.20 bits per heavy atom. The molecule has 1 aliphatic rings. The molecule has 0 heterocycles. The molecular weight excluding hydrogens is 248 g/mol. The molecular formula is C18H20O2. The van der Waals surface area contributed by atoms with Gasteiger partial charge in [0.05, 0.1) is 6.10 Å². The Bertz CT molecular complexity index is 628. The highest BCUT2D eigenvalue weighted by molar-refractivity contribution is 5.89. The molecule has 2 heteroatoms. The van der Waals surface area contributed by atoms with Gasteiger partial charge in [0, 0.05) is 10.9 Å². The fourth-order valence-corrected chi connectivity index (χ4v) is 2.75. The molecule has 0 aliphatic heterocycles. The van der Waals surface area contributed by atoms with Gasteiger partial charge < -0.3 is 9.84 Å². The molecule has 0 bridgehead atoms. The van der Waals surface area contributed by atoms with Crippen molar-refractivity contribution in [1.29, 1.82) is 0 Å². The maximum atomic E-state index is 10.00. The first-order valence-electron chi connectivity index (χ1n) is 7.29. The summed E-state index contributed by atoms with van der Waals surface area (Å²) >= 11 is 0. The Hall–Kier alpha value is -1.80. The maximum Gasteiger partial charge on any atom is 0.133 e. The molecule has 1 N–H and O–H groups in total. The topological polar surface area (TPSA) is 29.5 Å². The van der Waals surface area contributed by atoms with Crippen LogP contribution in [-0.4, -0.2) is 11.2 Å². The molecule has 2 unspecified atom stereocenters. The van der Waals surface area contributed by atoms with Gasteiger partial charge in [0.25, 0.3) is 0 Å². The van der Waals surface area contributed by atoms with E-state index in [2.05, 4.69) is 24.3 Å². The van der Waals surface area contributed by atoms with Crippen molar-refractivity contribution in [3.8, 4) is 5.75 Å². The lowest BCUT2D eigenvalue weighted by Crippen LogP contribution is -2.17. The van der Waals surface area contributed by atoms with Crippen LogP contribution in [0.2, 0.25) is 0 Å². The van der Waals surface area contributed by atoms with Gasteiger partial charge in [0.1, 0.15) is 11.9 Å². The van der Waals surface area contributed by atoms with Crippen LogP contribution < -0.4 is 4.74 Å². The highest BCUT2D eigenvalue weighted by Crippen LogP contribution is 2.35. The molecule has 2 aromatic rings. The number of ether oxygens (including phenoxy) is 1. The second-order valence-electron chi connectivity index (χ2n) is 5.40. The minimum Gasteiger partial charge on any atom is -0.485 e. The Kier molecular flexibility index (Phi) is 3.75. The van der Waals surface area contributed by atoms with Crippen molar-refractivity contribution in [2.45, 2.75) is 38.4 Å². The minimum absolute atomic E-state index is 0.118. The van der Waals surface area contributed by atoms with E-state index in [9.17, 15) is 5.11 Å². The fourth-order valence-electron chi connectivity index (χ4n) is 2.75. The van der Waals surface area contributed by atoms with Crippen molar-refractivity contribution in [3.63, 3.8) is 0 Å². The van der Waals surface area contributed by atoms with E-state index in [0.717, 1.165) is 41.3 Å². The number of benzene rings is 2. The molecule has 0 aromatic heterocycles. The molecule has 0 radical (unpaired) electrons. The van der Waals surface area contributed by atoms with Crippen molar-refractivity contribution in [2.75, 3.05) is 0 Å². The van der Waals surface area contributed by atoms with Crippen LogP contribution in [0.15, 0.2) is 48.6 Å². The molecule has 0 fully saturated rings. The number of allylic oxidation sites excluding steroid dienone is 1. The summed E-state index contributed by atoms with van der Waals surface area (Å²) in [6, 6.07) is 12.2. The zero-order chi connectivity index (χ0) is 13.9. The molecule has 104 valence electrons. The molecule has 2 atom stereocenters. The number of hydrogen-bond acceptors (Lipinski definition) is 2. The molecule has 1 aliphatic carbocycles. The van der Waals surface area contributed by atoms with Gasteiger partial charge in [-0.15, -0.1) is 0 Å². The second kappa shape index (κ2) is 5.68. The van der Waals surface area contributed by atoms with Gasteiger partial charge in [-0.2, -0.15) is 0 Å². The summed E-state index contributed by atoms with van der Waals surface area (Å²) in [7, 11) is 0. The standard InChI is InChI=1S/C18H20O2/c1-13(19)16-12-11-14-7-5-6-10-17(14)18(16)20-15-8-3-2-4-9-15/h3,5-8,10-13,15,19H,2,4,9H2,1H3. The summed E-state index contributed by atoms with van der Waals surface area (Å²) in [4.78, 5) is 0. The minimum atomic E-state index is -0.526. The zero-order valence-corrected chi connectivity index (χ0v) is 11.8. The van der Waals surface area contributed by atoms with E-state index in [1.807, 2.05) is 24.3 Å². The van der Waals surface area contributed by atoms with Crippen LogP contribution >= 0.6 is 0 Å². The molecule has 2 aromatic carbocycles. The van der Waals surface area contributed by atoms with Gasteiger partial charge in [-0.25, -0.2) is 0 Å². The average Bonchev–Trinajstić information content (AvgIpc) is 2.48. The van der Waals surface area contributed by atoms with E-state index in [0.29, 0.717) is 0 Å². The summed E-state index contributed by atoms with van der Waals surface area (Å²) in [6.07, 6.45) is 7.25. The summed E-state index contributed by atoms with van der Waals surface area (Å²) in [5.41, 5.74) is 0.864. The number of aliphatic hydroxyl groups excluding tert-OH is 1. The molecule has 3 rings (SSSR count). The monoisotopic (exact) mass is 268 g/mol. The van der Waals surface area contributed by atoms with Gasteiger partial charge in [0.15, 0.2) is 0 Å². The van der Waals surface area contributed by atoms with Gasteiger partial charge in [-0.1, -0.05) is 42.5 Å². The smallest absolute Gasteiger partial charge is 0.133 e. The zero-order valence-electron chi connectivity index (χ0n) is 11.8. The van der Waals surface area contributed by atoms with Gasteiger partial charge in [-0.3, -0.25) is 0 Å². The predicted molar refractivity (Wildman–Crippen MR) is 82.0 cm³/mol. The van der Waals surface area contributed by atoms with E-state index in [4.69, 9.17) is 4.74 Å². The summed E-state index contributed by atoms with van der Waals surface area (Å²) in [6.45, 7) is 1.79. The lowest BCUT2D eigenvalue weighted by Gasteiger charge is -2.22. The third-order valence-electron chi connectivity index (χ3n) is 3.84. The van der Waals surface area contributed by atoms with Crippen molar-refractivity contribution in [1.82, 2.24) is 0 Å². The Morgan fingerprint density at radius 3 is 2.80 bits per heavy atom. The van der Waals surface area contributed by atoms with E-state index in [1.54, 1.807) is 6.92 Å². The Labute approximate surface area is 119 Å². The van der Waals surface area contributed by atoms with Crippen LogP contribution in [0, 0.1) is 0 Å². The molecule has 0 amide bonds. The third-order valence-corrected chi connectivity index (χ3v) is 3.84. The van der Waals surface area contributed by atoms with Crippen LogP contribution in [-0.2, 0) is 0 Å². The van der Waals surface area contributed by atoms with Gasteiger partial charge in [-0.05, 0) is 37.6 Å². The quantitative estimate of drug-likeness (QED) is 0.837. The van der Waals surface area contributed by atoms with Gasteiger partial charge >= 0.3 is 0 Å². The molecule has 0 spiro atoms. The number of fused-ring (bicyclic) bond motifs is 1. The van der Waals surface area contributed by atoms with E-state index < -0.39 is 6.10 Å². The molecule has 20 heavy (non-hydrogen) atoms. The summed E-state index contributed by atoms with van der Waals surface area (Å²) < 4.78 is 6.21. The first kappa shape index (κ1) is 13.2. The lowest BCUT2D eigenvalue weighted by molar-refractivity contribution is 0.182. The Morgan fingerprint density at radius 2 is 2.05 bits per heavy atom. The normalized spacial score (nSPS) is 20.0. The average molecular weight is 268 g/mol. The van der Waals surface area contributed by atoms with E-state index >= 15 is 0 Å². The highest BCUT2D eigenvalue weighted by Gasteiger charge is 2.17. The lowest BCUT2D eigenvalue weighted by atomic mass is 10.0. The largest absolute Gasteiger partial charge is 0.485 e. The molecule has 2 nitrogen and oxygen atoms in total. The van der Waals surface area contributed by atoms with Crippen LogP contribution in [0.4, 0.5) is 0 Å². The number of hydrogen-bond donors (Lipinski definition) is 1. The molecule has 0 saturated carbocycles. The molecule has 0 saturated heterocycles. The summed E-state index contributed by atoms with van der Waals surface area (Å²) in [5.74, 6) is 0.828. The first-order valence-corrected chi connectivity index (χ1v) is 7.29. The van der Waals surface area contributed by atoms with Crippen LogP contribution in [0.25, 0.3) is 10.8 Å². The van der Waals surface area contributed by atoms with Crippen LogP contribution in [0.3, 0.4) is 0 Å². The number of aliphatic hydroxyl groups is 1. The van der Waals surface area contributed by atoms with Crippen molar-refractivity contribution >= 4 is 10.8 Å². The Balaban J connectivity index is 2.07. The van der Waals surface area contributed by atoms with Crippen molar-refractivity contribution in [3.05, 3.63) is 54.1 Å². The summed E-state index contributed by atoms with van der Waals surface area (Å²) in [5, 5.41) is 12.2. The first-order chi connectivity index (χ1) is 9.75. The maximum absolute atomic E-state index is 10.00. The van der Waals surface area contributed by atoms with Crippen LogP contribution in [0.5, 0.6) is 5.75 Å². The van der Waals surface area contributed by atoms with E-state index in [1.165, 1.54) is 0 Å². The second-order valence-corrected chi connectivity index (χ2v) is 5.40. The fraction of sp³-hybridized carbons (Fsp3) is 0.333.